The normalized spacial score (nSPS) is 14.2. The maximum absolute atomic E-state index is 14.1. The molecule has 0 fully saturated rings. The molecule has 6 N–H and O–H groups in total. The average molecular weight is 1300 g/mol. The monoisotopic (exact) mass is 1300 g/mol. The van der Waals surface area contributed by atoms with Crippen molar-refractivity contribution in [2.75, 3.05) is 6.61 Å². The Hall–Kier alpha value is -3.40. The number of carbonyl (C=O) groups is 4. The van der Waals surface area contributed by atoms with Gasteiger partial charge in [0.25, 0.3) is 0 Å². The van der Waals surface area contributed by atoms with Crippen LogP contribution in [0.25, 0.3) is 0 Å². The van der Waals surface area contributed by atoms with E-state index >= 15 is 0 Å². The summed E-state index contributed by atoms with van der Waals surface area (Å²) in [5, 5.41) is 70.8. The fourth-order valence-electron chi connectivity index (χ4n) is 11.4. The van der Waals surface area contributed by atoms with Crippen LogP contribution in [0.3, 0.4) is 0 Å². The summed E-state index contributed by atoms with van der Waals surface area (Å²) in [6, 6.07) is 0. The number of unbranched alkanes of at least 4 members (excludes halogenated alkanes) is 44. The van der Waals surface area contributed by atoms with E-state index < -0.39 is 73.1 Å². The number of carbonyl (C=O) groups excluding carboxylic acids is 4. The van der Waals surface area contributed by atoms with E-state index in [9.17, 15) is 49.8 Å². The van der Waals surface area contributed by atoms with Gasteiger partial charge in [-0.1, -0.05) is 282 Å². The summed E-state index contributed by atoms with van der Waals surface area (Å²) in [7, 11) is 0. The van der Waals surface area contributed by atoms with E-state index in [-0.39, 0.29) is 38.5 Å². The van der Waals surface area contributed by atoms with Crippen LogP contribution in [0.5, 0.6) is 0 Å². The molecule has 14 nitrogen and oxygen atoms in total. The van der Waals surface area contributed by atoms with E-state index in [4.69, 9.17) is 18.9 Å². The highest BCUT2D eigenvalue weighted by Crippen LogP contribution is 2.42. The van der Waals surface area contributed by atoms with Crippen LogP contribution in [-0.2, 0) is 38.1 Å². The van der Waals surface area contributed by atoms with Crippen LogP contribution in [0, 0.1) is 0 Å². The number of allylic oxidation sites excluding steroid dienone is 8. The van der Waals surface area contributed by atoms with Gasteiger partial charge in [-0.3, -0.25) is 19.2 Å². The second kappa shape index (κ2) is 63.6. The fraction of sp³-hybridized carbons (Fsp3) is 0.846. The molecule has 538 valence electrons. The van der Waals surface area contributed by atoms with Crippen molar-refractivity contribution < 1.29 is 68.8 Å². The molecule has 0 saturated heterocycles. The zero-order valence-electron chi connectivity index (χ0n) is 59.5. The van der Waals surface area contributed by atoms with Crippen molar-refractivity contribution in [3.8, 4) is 0 Å². The van der Waals surface area contributed by atoms with Crippen molar-refractivity contribution in [2.24, 2.45) is 0 Å². The molecule has 0 amide bonds. The second-order valence-corrected chi connectivity index (χ2v) is 26.4. The first-order valence-electron chi connectivity index (χ1n) is 38.3. The molecule has 0 spiro atoms. The number of ether oxygens (including phenoxy) is 4. The van der Waals surface area contributed by atoms with Gasteiger partial charge in [0, 0.05) is 25.7 Å². The summed E-state index contributed by atoms with van der Waals surface area (Å²) < 4.78 is 21.8. The standard InChI is InChI=1S/C78H142O14/c1-5-9-13-17-21-25-29-33-37-41-45-49-53-57-61-65-71(81)89-76(86,75(85)70(80)69-79)77(87,90-72(82)66-62-58-54-50-46-42-38-34-30-26-22-18-14-10-6-2)78(88,91-73(83)67-63-59-55-51-47-43-39-35-31-27-23-19-15-11-7-3)92-74(84)68-64-60-56-52-48-44-40-36-32-28-24-20-16-12-8-4/h33-40,70,75,79-80,85-88H,5-32,41-69H2,1-4H3/b37-33-,38-34-,39-35-,40-36-/t70-,75+,76+,77+/m0/s1. The molecule has 0 bridgehead atoms. The molecular weight excluding hydrogens is 1160 g/mol. The zero-order chi connectivity index (χ0) is 67.8. The minimum atomic E-state index is -4.34. The largest absolute Gasteiger partial charge is 0.451 e. The molecule has 0 rings (SSSR count). The lowest BCUT2D eigenvalue weighted by Crippen LogP contribution is -2.78. The van der Waals surface area contributed by atoms with Crippen LogP contribution < -0.4 is 0 Å². The predicted octanol–water partition coefficient (Wildman–Crippen LogP) is 20.0. The van der Waals surface area contributed by atoms with Crippen LogP contribution in [0.4, 0.5) is 0 Å². The van der Waals surface area contributed by atoms with E-state index in [1.807, 2.05) is 0 Å². The number of hydrogen-bond donors (Lipinski definition) is 6. The Bertz CT molecular complexity index is 1780. The quantitative estimate of drug-likeness (QED) is 0.0110. The van der Waals surface area contributed by atoms with Gasteiger partial charge >= 0.3 is 41.4 Å². The van der Waals surface area contributed by atoms with Gasteiger partial charge in [0.1, 0.15) is 6.10 Å². The van der Waals surface area contributed by atoms with E-state index in [2.05, 4.69) is 76.3 Å². The molecule has 0 unspecified atom stereocenters. The lowest BCUT2D eigenvalue weighted by molar-refractivity contribution is -0.513. The molecule has 4 atom stereocenters. The van der Waals surface area contributed by atoms with Crippen molar-refractivity contribution in [2.45, 2.75) is 417 Å². The molecule has 92 heavy (non-hydrogen) atoms. The highest BCUT2D eigenvalue weighted by atomic mass is 16.9. The molecule has 0 saturated carbocycles. The summed E-state index contributed by atoms with van der Waals surface area (Å²) in [5.74, 6) is -17.7. The molecule has 0 aliphatic heterocycles. The highest BCUT2D eigenvalue weighted by Gasteiger charge is 2.77. The number of aliphatic hydroxyl groups is 6. The van der Waals surface area contributed by atoms with Gasteiger partial charge in [0.05, 0.1) is 6.61 Å². The number of rotatable bonds is 69. The third-order valence-electron chi connectivity index (χ3n) is 17.5. The van der Waals surface area contributed by atoms with Crippen molar-refractivity contribution in [3.05, 3.63) is 48.6 Å². The Balaban J connectivity index is 6.52. The topological polar surface area (TPSA) is 227 Å². The van der Waals surface area contributed by atoms with Gasteiger partial charge in [0.2, 0.25) is 0 Å². The molecule has 0 heterocycles. The smallest absolute Gasteiger partial charge is 0.422 e. The molecular formula is C78H142O14. The maximum atomic E-state index is 14.1. The Morgan fingerprint density at radius 3 is 0.717 bits per heavy atom. The van der Waals surface area contributed by atoms with Crippen LogP contribution in [0.1, 0.15) is 387 Å². The number of aliphatic hydroxyl groups excluding tert-OH is 3. The van der Waals surface area contributed by atoms with Crippen molar-refractivity contribution in [3.63, 3.8) is 0 Å². The molecule has 0 aromatic rings. The molecule has 0 aliphatic rings. The highest BCUT2D eigenvalue weighted by molar-refractivity contribution is 5.74. The lowest BCUT2D eigenvalue weighted by Gasteiger charge is -2.48. The third-order valence-corrected chi connectivity index (χ3v) is 17.5. The Kier molecular flexibility index (Phi) is 61.3. The Morgan fingerprint density at radius 1 is 0.293 bits per heavy atom. The predicted molar refractivity (Wildman–Crippen MR) is 376 cm³/mol. The molecule has 0 radical (unpaired) electrons. The fourth-order valence-corrected chi connectivity index (χ4v) is 11.4. The summed E-state index contributed by atoms with van der Waals surface area (Å²) in [5.41, 5.74) is 0. The van der Waals surface area contributed by atoms with E-state index in [1.165, 1.54) is 154 Å². The van der Waals surface area contributed by atoms with Crippen LogP contribution in [0.2, 0.25) is 0 Å². The zero-order valence-corrected chi connectivity index (χ0v) is 59.5. The van der Waals surface area contributed by atoms with Crippen LogP contribution in [0.15, 0.2) is 48.6 Å². The third kappa shape index (κ3) is 48.3. The number of hydrogen-bond acceptors (Lipinski definition) is 14. The molecule has 0 aliphatic carbocycles. The van der Waals surface area contributed by atoms with Gasteiger partial charge in [0.15, 0.2) is 6.10 Å². The SMILES string of the molecule is CCCCCCCC/C=C\CCCCCCCC(=O)OC(O)(OC(=O)CCCCCCC/C=C\CCCCCCCC)[C@](O)(OC(=O)CCCCCCC/C=C\CCCCCCCC)[C@](O)(OC(=O)CCCCCCC/C=C\CCCCCCCC)[C@H](O)[C@@H](O)CO. The van der Waals surface area contributed by atoms with Crippen LogP contribution in [-0.4, -0.2) is 90.9 Å². The van der Waals surface area contributed by atoms with Gasteiger partial charge < -0.3 is 49.6 Å². The lowest BCUT2D eigenvalue weighted by atomic mass is 9.92. The summed E-state index contributed by atoms with van der Waals surface area (Å²) in [4.78, 5) is 55.8. The molecule has 0 aromatic heterocycles. The number of esters is 4. The first-order chi connectivity index (χ1) is 44.7. The Labute approximate surface area is 562 Å². The van der Waals surface area contributed by atoms with Gasteiger partial charge in [-0.15, -0.1) is 0 Å². The maximum Gasteiger partial charge on any atom is 0.451 e. The van der Waals surface area contributed by atoms with Gasteiger partial charge in [-0.25, -0.2) is 0 Å². The summed E-state index contributed by atoms with van der Waals surface area (Å²) >= 11 is 0. The van der Waals surface area contributed by atoms with Crippen molar-refractivity contribution >= 4 is 23.9 Å². The average Bonchev–Trinajstić information content (AvgIpc) is 0.727. The van der Waals surface area contributed by atoms with Gasteiger partial charge in [-0.2, -0.15) is 0 Å². The Morgan fingerprint density at radius 2 is 0.489 bits per heavy atom. The van der Waals surface area contributed by atoms with E-state index in [0.29, 0.717) is 25.7 Å². The van der Waals surface area contributed by atoms with E-state index in [1.54, 1.807) is 0 Å². The van der Waals surface area contributed by atoms with Crippen molar-refractivity contribution in [1.82, 2.24) is 0 Å². The van der Waals surface area contributed by atoms with E-state index in [0.717, 1.165) is 128 Å². The summed E-state index contributed by atoms with van der Waals surface area (Å²) in [6.07, 6.45) is 62.3. The summed E-state index contributed by atoms with van der Waals surface area (Å²) in [6.45, 7) is 7.58. The first-order valence-corrected chi connectivity index (χ1v) is 38.3. The van der Waals surface area contributed by atoms with Crippen molar-refractivity contribution in [1.29, 1.82) is 0 Å². The minimum Gasteiger partial charge on any atom is -0.422 e. The second-order valence-electron chi connectivity index (χ2n) is 26.4. The minimum absolute atomic E-state index is 0.196. The van der Waals surface area contributed by atoms with Gasteiger partial charge in [-0.05, 0) is 128 Å². The molecule has 0 aromatic carbocycles. The first kappa shape index (κ1) is 88.6. The molecule has 14 heteroatoms. The van der Waals surface area contributed by atoms with Crippen LogP contribution >= 0.6 is 0 Å².